The summed E-state index contributed by atoms with van der Waals surface area (Å²) in [5.74, 6) is 0. The Morgan fingerprint density at radius 3 is 1.52 bits per heavy atom. The van der Waals surface area contributed by atoms with Crippen LogP contribution in [0.5, 0.6) is 0 Å². The molecule has 146 valence electrons. The van der Waals surface area contributed by atoms with Crippen molar-refractivity contribution in [3.8, 4) is 0 Å². The predicted molar refractivity (Wildman–Crippen MR) is 100 cm³/mol. The Hall–Kier alpha value is 1.51. The Morgan fingerprint density at radius 2 is 1.12 bits per heavy atom. The minimum Gasteiger partial charge on any atom is -0.748 e. The molecule has 0 heterocycles. The molecule has 0 radical (unpaired) electrons. The number of hydrogen-bond donors (Lipinski definition) is 1. The molecule has 0 bridgehead atoms. The van der Waals surface area contributed by atoms with E-state index in [-0.39, 0.29) is 57.5 Å². The third kappa shape index (κ3) is 20.1. The van der Waals surface area contributed by atoms with E-state index in [0.29, 0.717) is 6.42 Å². The van der Waals surface area contributed by atoms with E-state index < -0.39 is 15.4 Å². The maximum Gasteiger partial charge on any atom is 1.00 e. The summed E-state index contributed by atoms with van der Waals surface area (Å²) in [7, 11) is -4.11. The first-order valence-corrected chi connectivity index (χ1v) is 11.5. The van der Waals surface area contributed by atoms with Crippen LogP contribution in [-0.4, -0.2) is 29.4 Å². The van der Waals surface area contributed by atoms with Crippen LogP contribution >= 0.6 is 0 Å². The summed E-state index contributed by atoms with van der Waals surface area (Å²) in [5.41, 5.74) is 0. The van der Waals surface area contributed by atoms with E-state index in [4.69, 9.17) is 0 Å². The van der Waals surface area contributed by atoms with Crippen molar-refractivity contribution in [3.05, 3.63) is 0 Å². The van der Waals surface area contributed by atoms with Crippen LogP contribution in [0.25, 0.3) is 0 Å². The first-order valence-electron chi connectivity index (χ1n) is 10.0. The van der Waals surface area contributed by atoms with Crippen molar-refractivity contribution < 1.29 is 69.5 Å². The van der Waals surface area contributed by atoms with Crippen LogP contribution in [-0.2, 0) is 10.1 Å². The van der Waals surface area contributed by atoms with Crippen molar-refractivity contribution in [2.24, 2.45) is 0 Å². The first-order chi connectivity index (χ1) is 11.4. The smallest absolute Gasteiger partial charge is 0.748 e. The van der Waals surface area contributed by atoms with Crippen LogP contribution in [0.2, 0.25) is 0 Å². The van der Waals surface area contributed by atoms with E-state index in [9.17, 15) is 18.1 Å². The summed E-state index contributed by atoms with van der Waals surface area (Å²) in [4.78, 5) is 0. The van der Waals surface area contributed by atoms with Crippen molar-refractivity contribution >= 4 is 10.1 Å². The molecule has 2 atom stereocenters. The topological polar surface area (TPSA) is 77.4 Å². The summed E-state index contributed by atoms with van der Waals surface area (Å²) in [6.45, 7) is 3.72. The van der Waals surface area contributed by atoms with E-state index in [1.807, 2.05) is 0 Å². The third-order valence-electron chi connectivity index (χ3n) is 4.78. The first kappa shape index (κ1) is 28.7. The van der Waals surface area contributed by atoms with Crippen LogP contribution in [0.15, 0.2) is 0 Å². The van der Waals surface area contributed by atoms with Gasteiger partial charge in [-0.25, -0.2) is 8.42 Å². The van der Waals surface area contributed by atoms with E-state index in [0.717, 1.165) is 57.8 Å². The number of unbranched alkanes of at least 4 members (excludes halogenated alkanes) is 10. The molecule has 0 amide bonds. The van der Waals surface area contributed by atoms with Crippen LogP contribution in [0.3, 0.4) is 0 Å². The van der Waals surface area contributed by atoms with Crippen LogP contribution in [0, 0.1) is 0 Å². The number of aliphatic hydroxyl groups is 1. The molecule has 0 spiro atoms. The number of rotatable bonds is 17. The minimum atomic E-state index is -4.11. The SMILES string of the molecule is CCCCCCCCC(O)CCCCCCCCC(C)S(=O)(=O)[O-].[K+]. The predicted octanol–water partition coefficient (Wildman–Crippen LogP) is 2.16. The average molecular weight is 403 g/mol. The number of aliphatic hydroxyl groups excluding tert-OH is 1. The summed E-state index contributed by atoms with van der Waals surface area (Å²) >= 11 is 0. The van der Waals surface area contributed by atoms with Gasteiger partial charge in [0.15, 0.2) is 0 Å². The van der Waals surface area contributed by atoms with Gasteiger partial charge >= 0.3 is 51.4 Å². The molecule has 0 aromatic carbocycles. The zero-order valence-electron chi connectivity index (χ0n) is 16.8. The molecule has 0 saturated heterocycles. The van der Waals surface area contributed by atoms with Gasteiger partial charge in [-0.15, -0.1) is 0 Å². The molecular weight excluding hydrogens is 363 g/mol. The van der Waals surface area contributed by atoms with Gasteiger partial charge in [-0.1, -0.05) is 84.0 Å². The van der Waals surface area contributed by atoms with Gasteiger partial charge in [0.25, 0.3) is 0 Å². The Kier molecular flexibility index (Phi) is 21.7. The van der Waals surface area contributed by atoms with E-state index in [2.05, 4.69) is 6.92 Å². The van der Waals surface area contributed by atoms with Crippen LogP contribution in [0.1, 0.15) is 110 Å². The molecule has 1 N–H and O–H groups in total. The molecule has 0 aliphatic heterocycles. The van der Waals surface area contributed by atoms with Crippen molar-refractivity contribution in [1.82, 2.24) is 0 Å². The Bertz CT molecular complexity index is 374. The van der Waals surface area contributed by atoms with E-state index in [1.165, 1.54) is 39.0 Å². The maximum atomic E-state index is 10.8. The molecule has 0 aliphatic carbocycles. The van der Waals surface area contributed by atoms with Gasteiger partial charge in [0.2, 0.25) is 0 Å². The van der Waals surface area contributed by atoms with Gasteiger partial charge in [-0.3, -0.25) is 0 Å². The molecule has 0 fully saturated rings. The van der Waals surface area contributed by atoms with Crippen molar-refractivity contribution in [2.75, 3.05) is 0 Å². The minimum absolute atomic E-state index is 0. The van der Waals surface area contributed by atoms with Gasteiger partial charge in [0, 0.05) is 5.25 Å². The summed E-state index contributed by atoms with van der Waals surface area (Å²) < 4.78 is 32.3. The van der Waals surface area contributed by atoms with E-state index >= 15 is 0 Å². The monoisotopic (exact) mass is 402 g/mol. The van der Waals surface area contributed by atoms with E-state index in [1.54, 1.807) is 0 Å². The second-order valence-corrected chi connectivity index (χ2v) is 9.00. The molecule has 0 aliphatic rings. The maximum absolute atomic E-state index is 10.8. The normalized spacial score (nSPS) is 14.1. The average Bonchev–Trinajstić information content (AvgIpc) is 2.52. The molecule has 2 unspecified atom stereocenters. The summed E-state index contributed by atoms with van der Waals surface area (Å²) in [6.07, 6.45) is 16.0. The molecule has 0 aromatic rings. The summed E-state index contributed by atoms with van der Waals surface area (Å²) in [5, 5.41) is 9.19. The van der Waals surface area contributed by atoms with Gasteiger partial charge in [-0.2, -0.15) is 0 Å². The van der Waals surface area contributed by atoms with Gasteiger partial charge in [0.1, 0.15) is 0 Å². The fraction of sp³-hybridized carbons (Fsp3) is 1.00. The second-order valence-electron chi connectivity index (χ2n) is 7.21. The fourth-order valence-electron chi connectivity index (χ4n) is 2.97. The molecule has 6 heteroatoms. The van der Waals surface area contributed by atoms with Gasteiger partial charge in [0.05, 0.1) is 16.2 Å². The number of hydrogen-bond acceptors (Lipinski definition) is 4. The van der Waals surface area contributed by atoms with Crippen LogP contribution < -0.4 is 51.4 Å². The summed E-state index contributed by atoms with van der Waals surface area (Å²) in [6, 6.07) is 0. The third-order valence-corrected chi connectivity index (χ3v) is 6.00. The molecule has 0 aromatic heterocycles. The fourth-order valence-corrected chi connectivity index (χ4v) is 3.42. The van der Waals surface area contributed by atoms with Gasteiger partial charge < -0.3 is 9.66 Å². The molecule has 25 heavy (non-hydrogen) atoms. The Labute approximate surface area is 199 Å². The molecule has 0 saturated carbocycles. The molecule has 0 rings (SSSR count). The van der Waals surface area contributed by atoms with Gasteiger partial charge in [-0.05, 0) is 26.2 Å². The largest absolute Gasteiger partial charge is 1.00 e. The second kappa shape index (κ2) is 18.9. The zero-order chi connectivity index (χ0) is 18.3. The molecule has 4 nitrogen and oxygen atoms in total. The zero-order valence-corrected chi connectivity index (χ0v) is 20.8. The quantitative estimate of drug-likeness (QED) is 0.230. The van der Waals surface area contributed by atoms with Crippen molar-refractivity contribution in [2.45, 2.75) is 122 Å². The standard InChI is InChI=1S/C19H40O4S.K/c1-3-4-5-6-10-13-16-19(20)17-14-11-8-7-9-12-15-18(2)24(21,22)23;/h18-20H,3-17H2,1-2H3,(H,21,22,23);/q;+1/p-1. The van der Waals surface area contributed by atoms with Crippen molar-refractivity contribution in [3.63, 3.8) is 0 Å². The molecular formula is C19H39KO4S. The Morgan fingerprint density at radius 1 is 0.760 bits per heavy atom. The van der Waals surface area contributed by atoms with Crippen molar-refractivity contribution in [1.29, 1.82) is 0 Å². The Balaban J connectivity index is 0. The van der Waals surface area contributed by atoms with Crippen LogP contribution in [0.4, 0.5) is 0 Å².